The molecule has 0 aliphatic heterocycles. The van der Waals surface area contributed by atoms with Crippen molar-refractivity contribution in [3.63, 3.8) is 0 Å². The lowest BCUT2D eigenvalue weighted by Gasteiger charge is -2.27. The predicted molar refractivity (Wildman–Crippen MR) is 129 cm³/mol. The van der Waals surface area contributed by atoms with Crippen molar-refractivity contribution < 1.29 is 28.8 Å². The van der Waals surface area contributed by atoms with Gasteiger partial charge in [0.05, 0.1) is 23.7 Å². The van der Waals surface area contributed by atoms with Crippen molar-refractivity contribution in [1.29, 1.82) is 0 Å². The average molecular weight is 553 g/mol. The van der Waals surface area contributed by atoms with Crippen LogP contribution in [0.15, 0.2) is 24.3 Å². The van der Waals surface area contributed by atoms with Crippen molar-refractivity contribution in [1.82, 2.24) is 5.32 Å². The summed E-state index contributed by atoms with van der Waals surface area (Å²) in [6, 6.07) is 4.95. The van der Waals surface area contributed by atoms with Crippen LogP contribution in [0.3, 0.4) is 0 Å². The maximum Gasteiger partial charge on any atom is 0.348 e. The summed E-state index contributed by atoms with van der Waals surface area (Å²) in [5, 5.41) is 16.3. The molecule has 0 saturated heterocycles. The molecular formula is C20H20Cl3N3O7S. The third-order valence-corrected chi connectivity index (χ3v) is 6.14. The first kappa shape index (κ1) is 27.6. The maximum absolute atomic E-state index is 12.7. The Morgan fingerprint density at radius 1 is 1.15 bits per heavy atom. The van der Waals surface area contributed by atoms with E-state index in [2.05, 4.69) is 10.6 Å². The number of carbonyl (C=O) groups excluding carboxylic acids is 3. The molecule has 1 heterocycles. The lowest BCUT2D eigenvalue weighted by atomic mass is 10.1. The summed E-state index contributed by atoms with van der Waals surface area (Å²) in [6.07, 6.45) is -1.41. The maximum atomic E-state index is 12.7. The Bertz CT molecular complexity index is 1100. The van der Waals surface area contributed by atoms with Crippen molar-refractivity contribution in [3.8, 4) is 0 Å². The fourth-order valence-electron chi connectivity index (χ4n) is 2.76. The molecule has 0 unspecified atom stereocenters. The number of esters is 2. The van der Waals surface area contributed by atoms with E-state index >= 15 is 0 Å². The van der Waals surface area contributed by atoms with Gasteiger partial charge in [0.15, 0.2) is 0 Å². The number of thiophene rings is 1. The summed E-state index contributed by atoms with van der Waals surface area (Å²) >= 11 is 19.0. The number of amides is 1. The Hall–Kier alpha value is -2.60. The molecule has 0 aliphatic rings. The molecule has 10 nitrogen and oxygen atoms in total. The zero-order valence-electron chi connectivity index (χ0n) is 18.1. The van der Waals surface area contributed by atoms with Gasteiger partial charge in [-0.3, -0.25) is 14.9 Å². The van der Waals surface area contributed by atoms with Crippen LogP contribution in [-0.4, -0.2) is 45.9 Å². The number of nitro benzene ring substituents is 1. The van der Waals surface area contributed by atoms with E-state index in [4.69, 9.17) is 44.3 Å². The smallest absolute Gasteiger partial charge is 0.348 e. The molecule has 1 aromatic heterocycles. The minimum absolute atomic E-state index is 0.0127. The Kier molecular flexibility index (Phi) is 9.51. The summed E-state index contributed by atoms with van der Waals surface area (Å²) in [7, 11) is 0. The average Bonchev–Trinajstić information content (AvgIpc) is 3.09. The first-order valence-corrected chi connectivity index (χ1v) is 11.7. The Morgan fingerprint density at radius 2 is 1.76 bits per heavy atom. The Labute approximate surface area is 213 Å². The number of nitrogens with zero attached hydrogens (tertiary/aromatic N) is 1. The molecule has 2 rings (SSSR count). The molecule has 14 heteroatoms. The van der Waals surface area contributed by atoms with Crippen molar-refractivity contribution in [3.05, 3.63) is 55.9 Å². The molecule has 1 amide bonds. The van der Waals surface area contributed by atoms with Crippen LogP contribution in [0.4, 0.5) is 10.7 Å². The zero-order chi connectivity index (χ0) is 25.6. The second kappa shape index (κ2) is 11.7. The number of carbonyl (C=O) groups is 3. The van der Waals surface area contributed by atoms with Crippen molar-refractivity contribution in [2.24, 2.45) is 0 Å². The molecule has 1 aromatic carbocycles. The van der Waals surface area contributed by atoms with Gasteiger partial charge in [0.25, 0.3) is 11.6 Å². The van der Waals surface area contributed by atoms with Crippen LogP contribution in [0.5, 0.6) is 0 Å². The second-order valence-corrected chi connectivity index (χ2v) is 9.99. The van der Waals surface area contributed by atoms with Crippen LogP contribution in [0.25, 0.3) is 0 Å². The largest absolute Gasteiger partial charge is 0.462 e. The van der Waals surface area contributed by atoms with Gasteiger partial charge >= 0.3 is 11.9 Å². The molecule has 0 bridgehead atoms. The minimum atomic E-state index is -2.13. The van der Waals surface area contributed by atoms with Crippen LogP contribution in [-0.2, 0) is 9.47 Å². The molecule has 0 fully saturated rings. The fourth-order valence-corrected chi connectivity index (χ4v) is 4.21. The van der Waals surface area contributed by atoms with E-state index in [1.807, 2.05) is 0 Å². The van der Waals surface area contributed by atoms with Crippen LogP contribution in [0.1, 0.15) is 49.8 Å². The zero-order valence-corrected chi connectivity index (χ0v) is 21.2. The number of benzene rings is 1. The summed E-state index contributed by atoms with van der Waals surface area (Å²) in [5.74, 6) is -2.18. The van der Waals surface area contributed by atoms with Gasteiger partial charge in [-0.25, -0.2) is 9.59 Å². The van der Waals surface area contributed by atoms with Crippen molar-refractivity contribution >= 4 is 74.7 Å². The topological polar surface area (TPSA) is 137 Å². The summed E-state index contributed by atoms with van der Waals surface area (Å²) in [5.41, 5.74) is -0.0599. The quantitative estimate of drug-likeness (QED) is 0.148. The number of hydrogen-bond donors (Lipinski definition) is 2. The normalized spacial score (nSPS) is 11.9. The molecule has 2 aromatic rings. The van der Waals surface area contributed by atoms with Gasteiger partial charge in [0, 0.05) is 17.7 Å². The number of halogens is 3. The van der Waals surface area contributed by atoms with Gasteiger partial charge in [0.2, 0.25) is 3.79 Å². The number of ether oxygens (including phenoxy) is 2. The second-order valence-electron chi connectivity index (χ2n) is 6.60. The van der Waals surface area contributed by atoms with Crippen LogP contribution >= 0.6 is 46.1 Å². The molecule has 34 heavy (non-hydrogen) atoms. The summed E-state index contributed by atoms with van der Waals surface area (Å²) < 4.78 is 7.98. The minimum Gasteiger partial charge on any atom is -0.462 e. The van der Waals surface area contributed by atoms with Gasteiger partial charge < -0.3 is 20.1 Å². The number of alkyl halides is 3. The highest BCUT2D eigenvalue weighted by atomic mass is 35.6. The molecule has 0 aliphatic carbocycles. The molecule has 0 spiro atoms. The monoisotopic (exact) mass is 551 g/mol. The van der Waals surface area contributed by atoms with Gasteiger partial charge in [-0.2, -0.15) is 0 Å². The first-order valence-electron chi connectivity index (χ1n) is 9.76. The molecule has 1 atom stereocenters. The van der Waals surface area contributed by atoms with E-state index in [-0.39, 0.29) is 45.5 Å². The van der Waals surface area contributed by atoms with Crippen molar-refractivity contribution in [2.45, 2.75) is 30.7 Å². The number of nitrogens with one attached hydrogen (secondary N) is 2. The lowest BCUT2D eigenvalue weighted by molar-refractivity contribution is -0.384. The summed E-state index contributed by atoms with van der Waals surface area (Å²) in [4.78, 5) is 48.2. The van der Waals surface area contributed by atoms with Crippen molar-refractivity contribution in [2.75, 3.05) is 18.5 Å². The Balaban J connectivity index is 2.44. The van der Waals surface area contributed by atoms with E-state index in [9.17, 15) is 24.5 Å². The van der Waals surface area contributed by atoms with E-state index in [0.717, 1.165) is 17.4 Å². The predicted octanol–water partition coefficient (Wildman–Crippen LogP) is 4.86. The van der Waals surface area contributed by atoms with E-state index in [1.54, 1.807) is 13.8 Å². The summed E-state index contributed by atoms with van der Waals surface area (Å²) in [6.45, 7) is 4.96. The number of rotatable bonds is 9. The van der Waals surface area contributed by atoms with Crippen LogP contribution < -0.4 is 10.6 Å². The SMILES string of the molecule is CCOC(=O)c1sc(N[C@H](NC(=O)c2cccc([N+](=O)[O-])c2)C(Cl)(Cl)Cl)c(C(=O)OCC)c1C. The highest BCUT2D eigenvalue weighted by molar-refractivity contribution is 7.18. The van der Waals surface area contributed by atoms with E-state index in [1.165, 1.54) is 25.1 Å². The molecule has 184 valence electrons. The molecule has 2 N–H and O–H groups in total. The van der Waals surface area contributed by atoms with Crippen LogP contribution in [0, 0.1) is 17.0 Å². The van der Waals surface area contributed by atoms with Gasteiger partial charge in [-0.15, -0.1) is 11.3 Å². The number of nitro groups is 1. The highest BCUT2D eigenvalue weighted by Crippen LogP contribution is 2.38. The lowest BCUT2D eigenvalue weighted by Crippen LogP contribution is -2.49. The van der Waals surface area contributed by atoms with E-state index < -0.39 is 32.7 Å². The highest BCUT2D eigenvalue weighted by Gasteiger charge is 2.37. The fraction of sp³-hybridized carbons (Fsp3) is 0.350. The standard InChI is InChI=1S/C20H20Cl3N3O7S/c1-4-32-17(28)13-10(3)14(18(29)33-5-2)34-16(13)25-19(20(21,22)23)24-15(27)11-7-6-8-12(9-11)26(30)31/h6-9,19,25H,4-5H2,1-3H3,(H,24,27)/t19-/m0/s1. The van der Waals surface area contributed by atoms with E-state index in [0.29, 0.717) is 0 Å². The molecular weight excluding hydrogens is 533 g/mol. The third kappa shape index (κ3) is 6.72. The molecule has 0 saturated carbocycles. The van der Waals surface area contributed by atoms with Gasteiger partial charge in [-0.1, -0.05) is 40.9 Å². The number of non-ortho nitro benzene ring substituents is 1. The van der Waals surface area contributed by atoms with Gasteiger partial charge in [-0.05, 0) is 32.4 Å². The van der Waals surface area contributed by atoms with Gasteiger partial charge in [0.1, 0.15) is 16.0 Å². The number of hydrogen-bond acceptors (Lipinski definition) is 9. The molecule has 0 radical (unpaired) electrons. The first-order chi connectivity index (χ1) is 15.9. The number of anilines is 1. The Morgan fingerprint density at radius 3 is 2.32 bits per heavy atom. The van der Waals surface area contributed by atoms with Crippen LogP contribution in [0.2, 0.25) is 0 Å². The third-order valence-electron chi connectivity index (χ3n) is 4.28.